The van der Waals surface area contributed by atoms with Crippen LogP contribution in [0.2, 0.25) is 0 Å². The maximum absolute atomic E-state index is 9.65. The van der Waals surface area contributed by atoms with Gasteiger partial charge in [-0.2, -0.15) is 0 Å². The van der Waals surface area contributed by atoms with E-state index in [-0.39, 0.29) is 0 Å². The lowest BCUT2D eigenvalue weighted by Crippen LogP contribution is -2.12. The monoisotopic (exact) mass is 183 g/mol. The van der Waals surface area contributed by atoms with Crippen LogP contribution >= 0.6 is 0 Å². The first-order valence-electron chi connectivity index (χ1n) is 4.68. The van der Waals surface area contributed by atoms with Crippen LogP contribution in [0.15, 0.2) is 12.4 Å². The minimum Gasteiger partial charge on any atom is -0.385 e. The Balaban J connectivity index is 2.68. The lowest BCUT2D eigenvalue weighted by molar-refractivity contribution is 0.155. The minimum absolute atomic E-state index is 0.486. The Kier molecular flexibility index (Phi) is 3.92. The van der Waals surface area contributed by atoms with E-state index in [0.29, 0.717) is 13.0 Å². The molecule has 0 saturated heterocycles. The molecule has 0 aliphatic carbocycles. The van der Waals surface area contributed by atoms with Crippen LogP contribution in [0.4, 0.5) is 0 Å². The van der Waals surface area contributed by atoms with Gasteiger partial charge in [0.15, 0.2) is 0 Å². The summed E-state index contributed by atoms with van der Waals surface area (Å²) in [6.07, 6.45) is 4.69. The van der Waals surface area contributed by atoms with Gasteiger partial charge >= 0.3 is 0 Å². The van der Waals surface area contributed by atoms with E-state index in [4.69, 9.17) is 5.73 Å². The van der Waals surface area contributed by atoms with Gasteiger partial charge in [0.05, 0.1) is 0 Å². The van der Waals surface area contributed by atoms with Crippen molar-refractivity contribution in [3.8, 4) is 0 Å². The molecule has 4 nitrogen and oxygen atoms in total. The molecule has 0 amide bonds. The highest BCUT2D eigenvalue weighted by molar-refractivity contribution is 4.96. The smallest absolute Gasteiger partial charge is 0.137 e. The molecule has 1 atom stereocenters. The van der Waals surface area contributed by atoms with Crippen molar-refractivity contribution in [1.29, 1.82) is 0 Å². The number of aromatic nitrogens is 2. The number of hydrogen-bond acceptors (Lipinski definition) is 3. The van der Waals surface area contributed by atoms with Gasteiger partial charge < -0.3 is 15.4 Å². The van der Waals surface area contributed by atoms with Crippen molar-refractivity contribution in [2.45, 2.75) is 32.4 Å². The number of hydrogen-bond donors (Lipinski definition) is 2. The second-order valence-electron chi connectivity index (χ2n) is 3.07. The third kappa shape index (κ3) is 2.54. The summed E-state index contributed by atoms with van der Waals surface area (Å²) in [6, 6.07) is 0. The number of nitrogens with two attached hydrogens (primary N) is 1. The van der Waals surface area contributed by atoms with Crippen molar-refractivity contribution in [3.63, 3.8) is 0 Å². The standard InChI is InChI=1S/C9H17N3O/c1-2-6-12-7-5-11-9(12)8(13)3-4-10/h5,7-8,13H,2-4,6,10H2,1H3. The molecular weight excluding hydrogens is 166 g/mol. The fourth-order valence-corrected chi connectivity index (χ4v) is 1.34. The fraction of sp³-hybridized carbons (Fsp3) is 0.667. The number of nitrogens with zero attached hydrogens (tertiary/aromatic N) is 2. The average Bonchev–Trinajstić information content (AvgIpc) is 2.54. The van der Waals surface area contributed by atoms with Gasteiger partial charge in [0.25, 0.3) is 0 Å². The second-order valence-corrected chi connectivity index (χ2v) is 3.07. The summed E-state index contributed by atoms with van der Waals surface area (Å²) < 4.78 is 1.97. The van der Waals surface area contributed by atoms with Crippen LogP contribution in [0.1, 0.15) is 31.7 Å². The van der Waals surface area contributed by atoms with E-state index in [2.05, 4.69) is 11.9 Å². The van der Waals surface area contributed by atoms with Crippen LogP contribution in [0.25, 0.3) is 0 Å². The maximum atomic E-state index is 9.65. The first kappa shape index (κ1) is 10.2. The fourth-order valence-electron chi connectivity index (χ4n) is 1.34. The molecule has 0 radical (unpaired) electrons. The molecule has 1 unspecified atom stereocenters. The Hall–Kier alpha value is -0.870. The van der Waals surface area contributed by atoms with Crippen LogP contribution in [-0.4, -0.2) is 21.2 Å². The predicted molar refractivity (Wildman–Crippen MR) is 51.1 cm³/mol. The molecule has 0 bridgehead atoms. The highest BCUT2D eigenvalue weighted by Gasteiger charge is 2.11. The van der Waals surface area contributed by atoms with Crippen LogP contribution in [-0.2, 0) is 6.54 Å². The Morgan fingerprint density at radius 1 is 1.69 bits per heavy atom. The molecule has 1 aromatic heterocycles. The van der Waals surface area contributed by atoms with E-state index in [0.717, 1.165) is 18.8 Å². The second kappa shape index (κ2) is 4.99. The zero-order valence-corrected chi connectivity index (χ0v) is 7.98. The van der Waals surface area contributed by atoms with Crippen LogP contribution < -0.4 is 5.73 Å². The van der Waals surface area contributed by atoms with Gasteiger partial charge in [0.2, 0.25) is 0 Å². The predicted octanol–water partition coefficient (Wildman–Crippen LogP) is 0.675. The molecule has 1 heterocycles. The highest BCUT2D eigenvalue weighted by Crippen LogP contribution is 2.13. The first-order valence-corrected chi connectivity index (χ1v) is 4.68. The minimum atomic E-state index is -0.522. The van der Waals surface area contributed by atoms with Gasteiger partial charge in [0, 0.05) is 18.9 Å². The summed E-state index contributed by atoms with van der Waals surface area (Å²) in [5, 5.41) is 9.65. The van der Waals surface area contributed by atoms with Crippen LogP contribution in [0, 0.1) is 0 Å². The molecule has 74 valence electrons. The van der Waals surface area contributed by atoms with Gasteiger partial charge in [-0.15, -0.1) is 0 Å². The quantitative estimate of drug-likeness (QED) is 0.705. The molecule has 0 aromatic carbocycles. The maximum Gasteiger partial charge on any atom is 0.137 e. The highest BCUT2D eigenvalue weighted by atomic mass is 16.3. The van der Waals surface area contributed by atoms with E-state index in [9.17, 15) is 5.11 Å². The summed E-state index contributed by atoms with van der Waals surface area (Å²) >= 11 is 0. The molecule has 3 N–H and O–H groups in total. The number of aliphatic hydroxyl groups is 1. The number of imidazole rings is 1. The molecular formula is C9H17N3O. The molecule has 1 rings (SSSR count). The lowest BCUT2D eigenvalue weighted by atomic mass is 10.2. The van der Waals surface area contributed by atoms with E-state index in [1.807, 2.05) is 10.8 Å². The average molecular weight is 183 g/mol. The van der Waals surface area contributed by atoms with Crippen molar-refractivity contribution < 1.29 is 5.11 Å². The topological polar surface area (TPSA) is 64.1 Å². The number of aryl methyl sites for hydroxylation is 1. The van der Waals surface area contributed by atoms with E-state index < -0.39 is 6.10 Å². The third-order valence-electron chi connectivity index (χ3n) is 1.95. The van der Waals surface area contributed by atoms with Gasteiger partial charge in [-0.1, -0.05) is 6.92 Å². The molecule has 4 heteroatoms. The Labute approximate surface area is 78.4 Å². The van der Waals surface area contributed by atoms with Gasteiger partial charge in [0.1, 0.15) is 11.9 Å². The van der Waals surface area contributed by atoms with Crippen molar-refractivity contribution in [2.75, 3.05) is 6.54 Å². The van der Waals surface area contributed by atoms with Crippen LogP contribution in [0.5, 0.6) is 0 Å². The normalized spacial score (nSPS) is 13.2. The molecule has 0 fully saturated rings. The zero-order chi connectivity index (χ0) is 9.68. The molecule has 0 aliphatic rings. The van der Waals surface area contributed by atoms with Crippen molar-refractivity contribution in [2.24, 2.45) is 5.73 Å². The molecule has 0 saturated carbocycles. The largest absolute Gasteiger partial charge is 0.385 e. The Morgan fingerprint density at radius 2 is 2.46 bits per heavy atom. The van der Waals surface area contributed by atoms with Gasteiger partial charge in [-0.3, -0.25) is 0 Å². The summed E-state index contributed by atoms with van der Waals surface area (Å²) in [7, 11) is 0. The van der Waals surface area contributed by atoms with E-state index in [1.54, 1.807) is 6.20 Å². The van der Waals surface area contributed by atoms with Crippen LogP contribution in [0.3, 0.4) is 0 Å². The Morgan fingerprint density at radius 3 is 3.08 bits per heavy atom. The molecule has 13 heavy (non-hydrogen) atoms. The van der Waals surface area contributed by atoms with Crippen molar-refractivity contribution in [3.05, 3.63) is 18.2 Å². The zero-order valence-electron chi connectivity index (χ0n) is 7.98. The number of aliphatic hydroxyl groups excluding tert-OH is 1. The molecule has 1 aromatic rings. The lowest BCUT2D eigenvalue weighted by Gasteiger charge is -2.11. The summed E-state index contributed by atoms with van der Waals surface area (Å²) in [5.74, 6) is 0.729. The van der Waals surface area contributed by atoms with Crippen molar-refractivity contribution in [1.82, 2.24) is 9.55 Å². The molecule has 0 aliphatic heterocycles. The van der Waals surface area contributed by atoms with Gasteiger partial charge in [-0.05, 0) is 19.4 Å². The number of rotatable bonds is 5. The van der Waals surface area contributed by atoms with E-state index in [1.165, 1.54) is 0 Å². The van der Waals surface area contributed by atoms with Gasteiger partial charge in [-0.25, -0.2) is 4.98 Å². The van der Waals surface area contributed by atoms with Crippen molar-refractivity contribution >= 4 is 0 Å². The summed E-state index contributed by atoms with van der Waals surface area (Å²) in [4.78, 5) is 4.11. The SMILES string of the molecule is CCCn1ccnc1C(O)CCN. The third-order valence-corrected chi connectivity index (χ3v) is 1.95. The Bertz CT molecular complexity index is 247. The molecule has 0 spiro atoms. The summed E-state index contributed by atoms with van der Waals surface area (Å²) in [5.41, 5.74) is 5.36. The first-order chi connectivity index (χ1) is 6.29. The summed E-state index contributed by atoms with van der Waals surface area (Å²) in [6.45, 7) is 3.48. The van der Waals surface area contributed by atoms with E-state index >= 15 is 0 Å².